The Hall–Kier alpha value is -0.900. The SMILES string of the molecule is CCC(Br)C(C)c1cc(C)cc2ncnn12. The summed E-state index contributed by atoms with van der Waals surface area (Å²) in [4.78, 5) is 4.72. The van der Waals surface area contributed by atoms with Crippen molar-refractivity contribution < 1.29 is 0 Å². The van der Waals surface area contributed by atoms with Crippen molar-refractivity contribution in [1.29, 1.82) is 0 Å². The number of pyridine rings is 1. The van der Waals surface area contributed by atoms with Crippen LogP contribution in [0.25, 0.3) is 5.65 Å². The summed E-state index contributed by atoms with van der Waals surface area (Å²) in [7, 11) is 0. The minimum atomic E-state index is 0.425. The van der Waals surface area contributed by atoms with Crippen LogP contribution < -0.4 is 0 Å². The lowest BCUT2D eigenvalue weighted by molar-refractivity contribution is 0.649. The molecule has 16 heavy (non-hydrogen) atoms. The number of hydrogen-bond donors (Lipinski definition) is 0. The third-order valence-electron chi connectivity index (χ3n) is 2.95. The highest BCUT2D eigenvalue weighted by Gasteiger charge is 2.18. The van der Waals surface area contributed by atoms with Crippen molar-refractivity contribution in [2.24, 2.45) is 0 Å². The number of hydrogen-bond acceptors (Lipinski definition) is 2. The van der Waals surface area contributed by atoms with Gasteiger partial charge in [-0.3, -0.25) is 0 Å². The van der Waals surface area contributed by atoms with E-state index in [0.717, 1.165) is 12.1 Å². The topological polar surface area (TPSA) is 30.2 Å². The van der Waals surface area contributed by atoms with Crippen LogP contribution >= 0.6 is 15.9 Å². The van der Waals surface area contributed by atoms with Gasteiger partial charge in [0.1, 0.15) is 6.33 Å². The fourth-order valence-corrected chi connectivity index (χ4v) is 2.22. The maximum Gasteiger partial charge on any atom is 0.155 e. The number of nitrogens with zero attached hydrogens (tertiary/aromatic N) is 3. The van der Waals surface area contributed by atoms with Crippen LogP contribution in [0, 0.1) is 6.92 Å². The highest BCUT2D eigenvalue weighted by atomic mass is 79.9. The molecule has 2 atom stereocenters. The van der Waals surface area contributed by atoms with E-state index >= 15 is 0 Å². The molecular formula is C12H16BrN3. The van der Waals surface area contributed by atoms with Gasteiger partial charge in [0, 0.05) is 16.4 Å². The molecule has 2 aromatic rings. The Bertz CT molecular complexity index is 492. The van der Waals surface area contributed by atoms with Gasteiger partial charge in [0.2, 0.25) is 0 Å². The summed E-state index contributed by atoms with van der Waals surface area (Å²) >= 11 is 3.72. The van der Waals surface area contributed by atoms with Crippen LogP contribution in [0.5, 0.6) is 0 Å². The highest BCUT2D eigenvalue weighted by molar-refractivity contribution is 9.09. The molecule has 0 aliphatic rings. The Morgan fingerprint density at radius 2 is 2.19 bits per heavy atom. The third-order valence-corrected chi connectivity index (χ3v) is 4.39. The maximum atomic E-state index is 4.28. The molecule has 0 saturated heterocycles. The van der Waals surface area contributed by atoms with Crippen molar-refractivity contribution in [3.8, 4) is 0 Å². The van der Waals surface area contributed by atoms with E-state index in [0.29, 0.717) is 10.7 Å². The molecule has 2 rings (SSSR count). The molecule has 2 aromatic heterocycles. The standard InChI is InChI=1S/C12H16BrN3/c1-4-10(13)9(3)11-5-8(2)6-12-14-7-15-16(11)12/h5-7,9-10H,4H2,1-3H3. The van der Waals surface area contributed by atoms with Gasteiger partial charge in [0.25, 0.3) is 0 Å². The second kappa shape index (κ2) is 4.53. The second-order valence-corrected chi connectivity index (χ2v) is 5.38. The molecule has 2 heterocycles. The van der Waals surface area contributed by atoms with E-state index in [1.807, 2.05) is 4.52 Å². The lowest BCUT2D eigenvalue weighted by Crippen LogP contribution is -2.12. The van der Waals surface area contributed by atoms with Gasteiger partial charge >= 0.3 is 0 Å². The molecule has 0 radical (unpaired) electrons. The van der Waals surface area contributed by atoms with Crippen molar-refractivity contribution in [3.05, 3.63) is 29.7 Å². The normalized spacial score (nSPS) is 15.2. The predicted octanol–water partition coefficient (Wildman–Crippen LogP) is 3.31. The Morgan fingerprint density at radius 3 is 2.88 bits per heavy atom. The van der Waals surface area contributed by atoms with Crippen molar-refractivity contribution in [1.82, 2.24) is 14.6 Å². The van der Waals surface area contributed by atoms with E-state index < -0.39 is 0 Å². The third kappa shape index (κ3) is 1.98. The average Bonchev–Trinajstić information content (AvgIpc) is 2.73. The van der Waals surface area contributed by atoms with Crippen LogP contribution in [-0.4, -0.2) is 19.4 Å². The van der Waals surface area contributed by atoms with Crippen LogP contribution in [0.1, 0.15) is 37.4 Å². The van der Waals surface area contributed by atoms with Crippen molar-refractivity contribution in [3.63, 3.8) is 0 Å². The van der Waals surface area contributed by atoms with Gasteiger partial charge in [-0.1, -0.05) is 29.8 Å². The number of rotatable bonds is 3. The summed E-state index contributed by atoms with van der Waals surface area (Å²) in [6, 6.07) is 4.24. The van der Waals surface area contributed by atoms with Gasteiger partial charge in [-0.15, -0.1) is 0 Å². The first kappa shape index (κ1) is 11.6. The van der Waals surface area contributed by atoms with Crippen molar-refractivity contribution in [2.45, 2.75) is 37.9 Å². The number of halogens is 1. The maximum absolute atomic E-state index is 4.28. The molecule has 2 unspecified atom stereocenters. The minimum Gasteiger partial charge on any atom is -0.218 e. The number of aryl methyl sites for hydroxylation is 1. The Kier molecular flexibility index (Phi) is 3.28. The van der Waals surface area contributed by atoms with E-state index in [-0.39, 0.29) is 0 Å². The lowest BCUT2D eigenvalue weighted by Gasteiger charge is -2.18. The molecule has 3 nitrogen and oxygen atoms in total. The van der Waals surface area contributed by atoms with E-state index in [2.05, 4.69) is 58.9 Å². The predicted molar refractivity (Wildman–Crippen MR) is 69.1 cm³/mol. The van der Waals surface area contributed by atoms with Gasteiger partial charge in [-0.25, -0.2) is 9.50 Å². The number of fused-ring (bicyclic) bond motifs is 1. The fraction of sp³-hybridized carbons (Fsp3) is 0.500. The Morgan fingerprint density at radius 1 is 1.44 bits per heavy atom. The first-order valence-electron chi connectivity index (χ1n) is 5.57. The molecular weight excluding hydrogens is 266 g/mol. The first-order valence-corrected chi connectivity index (χ1v) is 6.49. The molecule has 86 valence electrons. The number of aromatic nitrogens is 3. The van der Waals surface area contributed by atoms with Gasteiger partial charge < -0.3 is 0 Å². The molecule has 0 aromatic carbocycles. The number of alkyl halides is 1. The van der Waals surface area contributed by atoms with Crippen molar-refractivity contribution >= 4 is 21.6 Å². The van der Waals surface area contributed by atoms with Crippen LogP contribution in [0.3, 0.4) is 0 Å². The summed E-state index contributed by atoms with van der Waals surface area (Å²) in [5.74, 6) is 0.425. The van der Waals surface area contributed by atoms with Crippen LogP contribution in [0.2, 0.25) is 0 Å². The van der Waals surface area contributed by atoms with Gasteiger partial charge in [0.15, 0.2) is 5.65 Å². The molecule has 0 saturated carbocycles. The van der Waals surface area contributed by atoms with Crippen LogP contribution in [-0.2, 0) is 0 Å². The smallest absolute Gasteiger partial charge is 0.155 e. The van der Waals surface area contributed by atoms with E-state index in [4.69, 9.17) is 0 Å². The van der Waals surface area contributed by atoms with E-state index in [9.17, 15) is 0 Å². The summed E-state index contributed by atoms with van der Waals surface area (Å²) < 4.78 is 1.93. The average molecular weight is 282 g/mol. The zero-order valence-electron chi connectivity index (χ0n) is 9.81. The first-order chi connectivity index (χ1) is 7.63. The van der Waals surface area contributed by atoms with Gasteiger partial charge in [0.05, 0.1) is 0 Å². The molecule has 0 N–H and O–H groups in total. The van der Waals surface area contributed by atoms with Gasteiger partial charge in [-0.05, 0) is 31.0 Å². The zero-order valence-corrected chi connectivity index (χ0v) is 11.4. The summed E-state index contributed by atoms with van der Waals surface area (Å²) in [5, 5.41) is 4.28. The van der Waals surface area contributed by atoms with Crippen molar-refractivity contribution in [2.75, 3.05) is 0 Å². The summed E-state index contributed by atoms with van der Waals surface area (Å²) in [6.07, 6.45) is 2.71. The molecule has 0 spiro atoms. The summed E-state index contributed by atoms with van der Waals surface area (Å²) in [6.45, 7) is 6.50. The minimum absolute atomic E-state index is 0.425. The fourth-order valence-electron chi connectivity index (χ4n) is 1.95. The Balaban J connectivity index is 2.53. The molecule has 0 fully saturated rings. The van der Waals surface area contributed by atoms with E-state index in [1.165, 1.54) is 11.3 Å². The second-order valence-electron chi connectivity index (χ2n) is 4.20. The highest BCUT2D eigenvalue weighted by Crippen LogP contribution is 2.27. The molecule has 0 aliphatic carbocycles. The van der Waals surface area contributed by atoms with E-state index in [1.54, 1.807) is 6.33 Å². The zero-order chi connectivity index (χ0) is 11.7. The van der Waals surface area contributed by atoms with Crippen LogP contribution in [0.15, 0.2) is 18.5 Å². The Labute approximate surface area is 104 Å². The quantitative estimate of drug-likeness (QED) is 0.808. The molecule has 0 amide bonds. The molecule has 0 bridgehead atoms. The molecule has 0 aliphatic heterocycles. The summed E-state index contributed by atoms with van der Waals surface area (Å²) in [5.41, 5.74) is 3.38. The molecule has 4 heteroatoms. The van der Waals surface area contributed by atoms with Crippen LogP contribution in [0.4, 0.5) is 0 Å². The largest absolute Gasteiger partial charge is 0.218 e. The van der Waals surface area contributed by atoms with Gasteiger partial charge in [-0.2, -0.15) is 5.10 Å². The monoisotopic (exact) mass is 281 g/mol. The lowest BCUT2D eigenvalue weighted by atomic mass is 10.0.